The van der Waals surface area contributed by atoms with Crippen LogP contribution in [0.1, 0.15) is 60.9 Å². The van der Waals surface area contributed by atoms with Gasteiger partial charge < -0.3 is 14.0 Å². The van der Waals surface area contributed by atoms with Gasteiger partial charge in [-0.15, -0.1) is 13.2 Å². The topological polar surface area (TPSA) is 61.6 Å². The van der Waals surface area contributed by atoms with E-state index in [1.54, 1.807) is 30.3 Å². The van der Waals surface area contributed by atoms with Crippen LogP contribution in [0.4, 0.5) is 13.2 Å². The molecule has 1 heterocycles. The molecule has 1 aliphatic carbocycles. The summed E-state index contributed by atoms with van der Waals surface area (Å²) in [5.74, 6) is 0.134. The van der Waals surface area contributed by atoms with Crippen LogP contribution in [-0.4, -0.2) is 17.3 Å². The average Bonchev–Trinajstić information content (AvgIpc) is 3.50. The van der Waals surface area contributed by atoms with Crippen LogP contribution >= 0.6 is 0 Å². The number of hydrogen-bond acceptors (Lipinski definition) is 5. The SMILES string of the molecule is CC(=O)C[C@@H](c1ccc(OCc2ccc(C3=CCCC3)c(OC(F)(F)F)c2)cc1)c1ccon1. The Bertz CT molecular complexity index is 1150. The Morgan fingerprint density at radius 2 is 1.94 bits per heavy atom. The number of Topliss-reactive ketones (excluding diaryl/α,β-unsaturated/α-hetero) is 1. The van der Waals surface area contributed by atoms with E-state index in [0.29, 0.717) is 22.6 Å². The number of rotatable bonds is 9. The maximum absolute atomic E-state index is 13.0. The first-order valence-electron chi connectivity index (χ1n) is 11.0. The predicted octanol–water partition coefficient (Wildman–Crippen LogP) is 6.83. The highest BCUT2D eigenvalue weighted by Gasteiger charge is 2.32. The minimum Gasteiger partial charge on any atom is -0.489 e. The van der Waals surface area contributed by atoms with Gasteiger partial charge in [0.1, 0.15) is 30.2 Å². The summed E-state index contributed by atoms with van der Waals surface area (Å²) in [6.45, 7) is 1.60. The molecule has 2 aromatic carbocycles. The number of nitrogens with zero attached hydrogens (tertiary/aromatic N) is 1. The fraction of sp³-hybridized carbons (Fsp3) is 0.308. The molecule has 4 rings (SSSR count). The molecule has 8 heteroatoms. The Hall–Kier alpha value is -3.55. The summed E-state index contributed by atoms with van der Waals surface area (Å²) in [5, 5.41) is 3.96. The van der Waals surface area contributed by atoms with E-state index >= 15 is 0 Å². The lowest BCUT2D eigenvalue weighted by Crippen LogP contribution is -2.18. The highest BCUT2D eigenvalue weighted by Crippen LogP contribution is 2.37. The van der Waals surface area contributed by atoms with E-state index in [1.807, 2.05) is 18.2 Å². The number of carbonyl (C=O) groups excluding carboxylic acids is 1. The molecule has 0 unspecified atom stereocenters. The summed E-state index contributed by atoms with van der Waals surface area (Å²) >= 11 is 0. The number of alkyl halides is 3. The Labute approximate surface area is 195 Å². The van der Waals surface area contributed by atoms with E-state index in [2.05, 4.69) is 9.89 Å². The minimum absolute atomic E-state index is 0.0296. The third-order valence-electron chi connectivity index (χ3n) is 5.65. The van der Waals surface area contributed by atoms with Crippen molar-refractivity contribution in [2.24, 2.45) is 0 Å². The maximum Gasteiger partial charge on any atom is 0.573 e. The second-order valence-corrected chi connectivity index (χ2v) is 8.24. The van der Waals surface area contributed by atoms with Gasteiger partial charge in [0, 0.05) is 24.0 Å². The number of ketones is 1. The first kappa shape index (κ1) is 23.6. The molecule has 34 heavy (non-hydrogen) atoms. The molecule has 0 spiro atoms. The van der Waals surface area contributed by atoms with Crippen molar-refractivity contribution in [1.29, 1.82) is 0 Å². The summed E-state index contributed by atoms with van der Waals surface area (Å²) in [5.41, 5.74) is 3.44. The van der Waals surface area contributed by atoms with Gasteiger partial charge in [-0.3, -0.25) is 4.79 Å². The first-order chi connectivity index (χ1) is 16.3. The Kier molecular flexibility index (Phi) is 7.05. The molecule has 1 aromatic heterocycles. The monoisotopic (exact) mass is 471 g/mol. The standard InChI is InChI=1S/C26H24F3NO4/c1-17(31)14-23(24-12-13-33-30-24)20-7-9-21(10-8-20)32-16-18-6-11-22(19-4-2-3-5-19)25(15-18)34-26(27,28)29/h4,6-13,15,23H,2-3,5,14,16H2,1H3/t23-/m0/s1. The predicted molar refractivity (Wildman–Crippen MR) is 119 cm³/mol. The zero-order valence-corrected chi connectivity index (χ0v) is 18.6. The smallest absolute Gasteiger partial charge is 0.489 e. The first-order valence-corrected chi connectivity index (χ1v) is 11.0. The summed E-state index contributed by atoms with van der Waals surface area (Å²) in [6.07, 6.45) is 1.44. The van der Waals surface area contributed by atoms with E-state index in [4.69, 9.17) is 9.26 Å². The summed E-state index contributed by atoms with van der Waals surface area (Å²) in [7, 11) is 0. The molecule has 178 valence electrons. The second-order valence-electron chi connectivity index (χ2n) is 8.24. The van der Waals surface area contributed by atoms with Crippen LogP contribution in [0, 0.1) is 0 Å². The van der Waals surface area contributed by atoms with Gasteiger partial charge in [0.25, 0.3) is 0 Å². The van der Waals surface area contributed by atoms with Crippen LogP contribution in [0.5, 0.6) is 11.5 Å². The van der Waals surface area contributed by atoms with Crippen LogP contribution < -0.4 is 9.47 Å². The van der Waals surface area contributed by atoms with Gasteiger partial charge >= 0.3 is 6.36 Å². The van der Waals surface area contributed by atoms with Gasteiger partial charge in [-0.05, 0) is 61.1 Å². The van der Waals surface area contributed by atoms with E-state index < -0.39 is 6.36 Å². The second kappa shape index (κ2) is 10.2. The number of aromatic nitrogens is 1. The quantitative estimate of drug-likeness (QED) is 0.342. The number of hydrogen-bond donors (Lipinski definition) is 0. The van der Waals surface area contributed by atoms with E-state index in [-0.39, 0.29) is 30.5 Å². The molecule has 3 aromatic rings. The van der Waals surface area contributed by atoms with Crippen molar-refractivity contribution < 1.29 is 32.0 Å². The summed E-state index contributed by atoms with van der Waals surface area (Å²) < 4.78 is 53.9. The summed E-state index contributed by atoms with van der Waals surface area (Å²) in [6, 6.07) is 13.7. The van der Waals surface area contributed by atoms with Crippen molar-refractivity contribution in [2.75, 3.05) is 0 Å². The van der Waals surface area contributed by atoms with Crippen LogP contribution in [0.2, 0.25) is 0 Å². The van der Waals surface area contributed by atoms with Crippen LogP contribution in [0.3, 0.4) is 0 Å². The van der Waals surface area contributed by atoms with Gasteiger partial charge in [-0.25, -0.2) is 0 Å². The molecule has 1 atom stereocenters. The van der Waals surface area contributed by atoms with Crippen molar-refractivity contribution in [3.8, 4) is 11.5 Å². The molecule has 0 amide bonds. The van der Waals surface area contributed by atoms with E-state index in [0.717, 1.165) is 30.4 Å². The van der Waals surface area contributed by atoms with E-state index in [9.17, 15) is 18.0 Å². The molecular weight excluding hydrogens is 447 g/mol. The van der Waals surface area contributed by atoms with Gasteiger partial charge in [0.15, 0.2) is 0 Å². The third-order valence-corrected chi connectivity index (χ3v) is 5.65. The lowest BCUT2D eigenvalue weighted by molar-refractivity contribution is -0.274. The highest BCUT2D eigenvalue weighted by molar-refractivity contribution is 5.77. The zero-order chi connectivity index (χ0) is 24.1. The Balaban J connectivity index is 1.47. The average molecular weight is 471 g/mol. The number of carbonyl (C=O) groups is 1. The highest BCUT2D eigenvalue weighted by atomic mass is 19.4. The number of benzene rings is 2. The minimum atomic E-state index is -4.77. The molecule has 0 bridgehead atoms. The number of allylic oxidation sites excluding steroid dienone is 2. The fourth-order valence-electron chi connectivity index (χ4n) is 4.09. The fourth-order valence-corrected chi connectivity index (χ4v) is 4.09. The van der Waals surface area contributed by atoms with Crippen LogP contribution in [-0.2, 0) is 11.4 Å². The maximum atomic E-state index is 13.0. The van der Waals surface area contributed by atoms with Gasteiger partial charge in [-0.1, -0.05) is 35.5 Å². The molecule has 0 N–H and O–H groups in total. The van der Waals surface area contributed by atoms with Crippen LogP contribution in [0.25, 0.3) is 5.57 Å². The molecule has 1 aliphatic rings. The number of halogens is 3. The van der Waals surface area contributed by atoms with Gasteiger partial charge in [0.2, 0.25) is 0 Å². The van der Waals surface area contributed by atoms with Gasteiger partial charge in [0.05, 0.1) is 5.69 Å². The summed E-state index contributed by atoms with van der Waals surface area (Å²) in [4.78, 5) is 11.7. The Morgan fingerprint density at radius 3 is 2.56 bits per heavy atom. The lowest BCUT2D eigenvalue weighted by Gasteiger charge is -2.16. The largest absolute Gasteiger partial charge is 0.573 e. The molecule has 0 saturated heterocycles. The molecule has 0 fully saturated rings. The number of ether oxygens (including phenoxy) is 2. The third kappa shape index (κ3) is 6.07. The van der Waals surface area contributed by atoms with Crippen LogP contribution in [0.15, 0.2) is 65.4 Å². The van der Waals surface area contributed by atoms with Crippen molar-refractivity contribution in [1.82, 2.24) is 5.16 Å². The lowest BCUT2D eigenvalue weighted by atomic mass is 9.91. The molecular formula is C26H24F3NO4. The van der Waals surface area contributed by atoms with Crippen molar-refractivity contribution in [3.63, 3.8) is 0 Å². The molecule has 0 aliphatic heterocycles. The van der Waals surface area contributed by atoms with Crippen molar-refractivity contribution in [3.05, 3.63) is 83.3 Å². The van der Waals surface area contributed by atoms with Crippen molar-refractivity contribution >= 4 is 11.4 Å². The van der Waals surface area contributed by atoms with Gasteiger partial charge in [-0.2, -0.15) is 0 Å². The molecule has 5 nitrogen and oxygen atoms in total. The molecule has 0 radical (unpaired) electrons. The normalized spacial score (nSPS) is 14.5. The molecule has 0 saturated carbocycles. The Morgan fingerprint density at radius 1 is 1.15 bits per heavy atom. The zero-order valence-electron chi connectivity index (χ0n) is 18.6. The van der Waals surface area contributed by atoms with Crippen molar-refractivity contribution in [2.45, 2.75) is 51.5 Å². The van der Waals surface area contributed by atoms with E-state index in [1.165, 1.54) is 19.3 Å².